The highest BCUT2D eigenvalue weighted by atomic mass is 16.2. The lowest BCUT2D eigenvalue weighted by Gasteiger charge is -2.25. The minimum atomic E-state index is -0.382. The van der Waals surface area contributed by atoms with E-state index < -0.39 is 0 Å². The van der Waals surface area contributed by atoms with Gasteiger partial charge < -0.3 is 10.6 Å². The van der Waals surface area contributed by atoms with E-state index in [9.17, 15) is 9.59 Å². The quantitative estimate of drug-likeness (QED) is 0.566. The number of amides is 2. The van der Waals surface area contributed by atoms with Gasteiger partial charge in [0.25, 0.3) is 0 Å². The molecule has 2 rings (SSSR count). The zero-order valence-corrected chi connectivity index (χ0v) is 9.53. The van der Waals surface area contributed by atoms with Crippen molar-refractivity contribution in [3.63, 3.8) is 0 Å². The van der Waals surface area contributed by atoms with Crippen LogP contribution in [0.25, 0.3) is 0 Å². The summed E-state index contributed by atoms with van der Waals surface area (Å²) in [4.78, 5) is 22.8. The predicted molar refractivity (Wildman–Crippen MR) is 59.7 cm³/mol. The minimum absolute atomic E-state index is 0.0353. The van der Waals surface area contributed by atoms with Crippen molar-refractivity contribution in [1.29, 1.82) is 5.26 Å². The van der Waals surface area contributed by atoms with Gasteiger partial charge >= 0.3 is 0 Å². The highest BCUT2D eigenvalue weighted by molar-refractivity contribution is 5.86. The molecule has 0 radical (unpaired) electrons. The van der Waals surface area contributed by atoms with Crippen LogP contribution in [0, 0.1) is 17.2 Å². The number of nitrogens with zero attached hydrogens (tertiary/aromatic N) is 1. The maximum Gasteiger partial charge on any atom is 0.239 e. The Balaban J connectivity index is 1.85. The summed E-state index contributed by atoms with van der Waals surface area (Å²) < 4.78 is 0. The highest BCUT2D eigenvalue weighted by Gasteiger charge is 2.31. The van der Waals surface area contributed by atoms with E-state index in [0.29, 0.717) is 6.54 Å². The second-order valence-electron chi connectivity index (χ2n) is 4.52. The number of carbonyl (C=O) groups excluding carboxylic acids is 2. The summed E-state index contributed by atoms with van der Waals surface area (Å²) in [7, 11) is 0. The summed E-state index contributed by atoms with van der Waals surface area (Å²) >= 11 is 0. The van der Waals surface area contributed by atoms with E-state index in [1.54, 1.807) is 0 Å². The van der Waals surface area contributed by atoms with E-state index in [4.69, 9.17) is 5.26 Å². The number of carbonyl (C=O) groups is 2. The lowest BCUT2D eigenvalue weighted by Crippen LogP contribution is -2.59. The van der Waals surface area contributed by atoms with Gasteiger partial charge in [0.15, 0.2) is 0 Å². The molecule has 1 saturated heterocycles. The molecule has 0 aromatic heterocycles. The van der Waals surface area contributed by atoms with Crippen LogP contribution in [0.1, 0.15) is 19.3 Å². The normalized spacial score (nSPS) is 32.6. The van der Waals surface area contributed by atoms with Crippen LogP contribution >= 0.6 is 0 Å². The second-order valence-corrected chi connectivity index (χ2v) is 4.52. The van der Waals surface area contributed by atoms with E-state index in [0.717, 1.165) is 19.3 Å². The molecule has 0 aromatic rings. The first kappa shape index (κ1) is 11.9. The Morgan fingerprint density at radius 2 is 2.29 bits per heavy atom. The fraction of sp³-hybridized carbons (Fsp3) is 0.727. The van der Waals surface area contributed by atoms with Crippen molar-refractivity contribution in [3.05, 3.63) is 0 Å². The number of nitrogens with one attached hydrogen (secondary N) is 3. The van der Waals surface area contributed by atoms with Crippen molar-refractivity contribution in [2.24, 2.45) is 5.92 Å². The van der Waals surface area contributed by atoms with Crippen molar-refractivity contribution < 1.29 is 9.59 Å². The van der Waals surface area contributed by atoms with E-state index in [1.807, 2.05) is 0 Å². The van der Waals surface area contributed by atoms with Gasteiger partial charge in [-0.25, -0.2) is 0 Å². The zero-order chi connectivity index (χ0) is 12.3. The number of nitriles is 1. The van der Waals surface area contributed by atoms with Crippen LogP contribution in [0.15, 0.2) is 0 Å². The van der Waals surface area contributed by atoms with Gasteiger partial charge in [0.05, 0.1) is 18.5 Å². The molecule has 2 fully saturated rings. The van der Waals surface area contributed by atoms with Crippen LogP contribution in [0.3, 0.4) is 0 Å². The van der Waals surface area contributed by atoms with Crippen LogP contribution in [-0.2, 0) is 9.59 Å². The molecule has 3 atom stereocenters. The van der Waals surface area contributed by atoms with E-state index in [2.05, 4.69) is 22.0 Å². The molecule has 1 aliphatic carbocycles. The zero-order valence-electron chi connectivity index (χ0n) is 9.53. The molecule has 92 valence electrons. The van der Waals surface area contributed by atoms with Crippen molar-refractivity contribution in [3.8, 4) is 6.07 Å². The second kappa shape index (κ2) is 5.15. The average Bonchev–Trinajstić information content (AvgIpc) is 2.77. The van der Waals surface area contributed by atoms with Crippen LogP contribution in [0.2, 0.25) is 0 Å². The first-order valence-electron chi connectivity index (χ1n) is 5.91. The molecule has 1 heterocycles. The Kier molecular flexibility index (Phi) is 3.59. The Morgan fingerprint density at radius 1 is 1.47 bits per heavy atom. The summed E-state index contributed by atoms with van der Waals surface area (Å²) in [6.07, 6.45) is 2.71. The maximum absolute atomic E-state index is 11.9. The lowest BCUT2D eigenvalue weighted by molar-refractivity contribution is -0.127. The SMILES string of the molecule is N#CC1CCCC1NC(=O)C1CNC(=O)CN1. The maximum atomic E-state index is 11.9. The molecule has 0 bridgehead atoms. The van der Waals surface area contributed by atoms with Crippen LogP contribution in [0.4, 0.5) is 0 Å². The topological polar surface area (TPSA) is 94.0 Å². The van der Waals surface area contributed by atoms with Crippen molar-refractivity contribution in [2.75, 3.05) is 13.1 Å². The molecule has 2 amide bonds. The number of hydrogen-bond donors (Lipinski definition) is 3. The standard InChI is InChI=1S/C11H16N4O2/c12-4-7-2-1-3-8(7)15-11(17)9-5-14-10(16)6-13-9/h7-9,13H,1-3,5-6H2,(H,14,16)(H,15,17). The summed E-state index contributed by atoms with van der Waals surface area (Å²) in [5.74, 6) is -0.293. The molecule has 2 aliphatic rings. The first-order valence-corrected chi connectivity index (χ1v) is 5.91. The molecule has 1 aliphatic heterocycles. The van der Waals surface area contributed by atoms with Gasteiger partial charge in [-0.05, 0) is 19.3 Å². The minimum Gasteiger partial charge on any atom is -0.353 e. The van der Waals surface area contributed by atoms with E-state index in [1.165, 1.54) is 0 Å². The van der Waals surface area contributed by atoms with E-state index in [-0.39, 0.29) is 36.4 Å². The van der Waals surface area contributed by atoms with E-state index >= 15 is 0 Å². The summed E-state index contributed by atoms with van der Waals surface area (Å²) in [5.41, 5.74) is 0. The van der Waals surface area contributed by atoms with Gasteiger partial charge in [-0.15, -0.1) is 0 Å². The van der Waals surface area contributed by atoms with Gasteiger partial charge in [0.1, 0.15) is 6.04 Å². The van der Waals surface area contributed by atoms with Gasteiger partial charge in [-0.3, -0.25) is 14.9 Å². The molecule has 0 spiro atoms. The fourth-order valence-electron chi connectivity index (χ4n) is 2.32. The predicted octanol–water partition coefficient (Wildman–Crippen LogP) is -1.12. The fourth-order valence-corrected chi connectivity index (χ4v) is 2.32. The van der Waals surface area contributed by atoms with Crippen LogP contribution in [-0.4, -0.2) is 37.0 Å². The molecular formula is C11H16N4O2. The van der Waals surface area contributed by atoms with Gasteiger partial charge in [0.2, 0.25) is 11.8 Å². The smallest absolute Gasteiger partial charge is 0.239 e. The Morgan fingerprint density at radius 3 is 2.94 bits per heavy atom. The average molecular weight is 236 g/mol. The molecular weight excluding hydrogens is 220 g/mol. The summed E-state index contributed by atoms with van der Waals surface area (Å²) in [5, 5.41) is 17.3. The molecule has 6 nitrogen and oxygen atoms in total. The monoisotopic (exact) mass is 236 g/mol. The Labute approximate surface area is 99.7 Å². The number of rotatable bonds is 2. The van der Waals surface area contributed by atoms with Crippen molar-refractivity contribution in [1.82, 2.24) is 16.0 Å². The largest absolute Gasteiger partial charge is 0.353 e. The molecule has 6 heteroatoms. The third kappa shape index (κ3) is 2.74. The lowest BCUT2D eigenvalue weighted by atomic mass is 10.1. The van der Waals surface area contributed by atoms with Crippen LogP contribution < -0.4 is 16.0 Å². The molecule has 17 heavy (non-hydrogen) atoms. The third-order valence-corrected chi connectivity index (χ3v) is 3.34. The van der Waals surface area contributed by atoms with Crippen molar-refractivity contribution in [2.45, 2.75) is 31.3 Å². The highest BCUT2D eigenvalue weighted by Crippen LogP contribution is 2.24. The first-order chi connectivity index (χ1) is 8.20. The Hall–Kier alpha value is -1.61. The van der Waals surface area contributed by atoms with Crippen molar-refractivity contribution >= 4 is 11.8 Å². The molecule has 3 unspecified atom stereocenters. The molecule has 0 aromatic carbocycles. The number of hydrogen-bond acceptors (Lipinski definition) is 4. The van der Waals surface area contributed by atoms with Gasteiger partial charge in [0, 0.05) is 12.6 Å². The third-order valence-electron chi connectivity index (χ3n) is 3.34. The van der Waals surface area contributed by atoms with Gasteiger partial charge in [-0.1, -0.05) is 0 Å². The molecule has 3 N–H and O–H groups in total. The summed E-state index contributed by atoms with van der Waals surface area (Å²) in [6.45, 7) is 0.485. The van der Waals surface area contributed by atoms with Gasteiger partial charge in [-0.2, -0.15) is 5.26 Å². The molecule has 1 saturated carbocycles. The van der Waals surface area contributed by atoms with Crippen LogP contribution in [0.5, 0.6) is 0 Å². The summed E-state index contributed by atoms with van der Waals surface area (Å²) in [6, 6.07) is 1.81. The Bertz CT molecular complexity index is 353. The number of piperazine rings is 1.